The molecule has 0 aliphatic heterocycles. The zero-order valence-electron chi connectivity index (χ0n) is 11.7. The fourth-order valence-corrected chi connectivity index (χ4v) is 5.68. The molecule has 0 aromatic heterocycles. The van der Waals surface area contributed by atoms with Crippen LogP contribution >= 0.6 is 0 Å². The van der Waals surface area contributed by atoms with E-state index in [1.807, 2.05) is 0 Å². The summed E-state index contributed by atoms with van der Waals surface area (Å²) < 4.78 is 0. The number of carbonyl (C=O) groups is 1. The van der Waals surface area contributed by atoms with Gasteiger partial charge in [0, 0.05) is 12.5 Å². The molecule has 3 atom stereocenters. The van der Waals surface area contributed by atoms with Crippen molar-refractivity contribution in [2.45, 2.75) is 57.9 Å². The second kappa shape index (κ2) is 3.96. The van der Waals surface area contributed by atoms with Crippen LogP contribution in [0.25, 0.3) is 0 Å². The van der Waals surface area contributed by atoms with Crippen molar-refractivity contribution in [3.8, 4) is 0 Å². The SMILES string of the molecule is CC(=O)NC12CC3CC(C1)CC(C(C)CN)(C3)C2. The van der Waals surface area contributed by atoms with E-state index in [2.05, 4.69) is 12.2 Å². The van der Waals surface area contributed by atoms with Gasteiger partial charge in [-0.1, -0.05) is 6.92 Å². The number of nitrogens with two attached hydrogens (primary N) is 1. The summed E-state index contributed by atoms with van der Waals surface area (Å²) in [6.45, 7) is 4.77. The highest BCUT2D eigenvalue weighted by Gasteiger charge is 2.59. The maximum atomic E-state index is 11.5. The van der Waals surface area contributed by atoms with Gasteiger partial charge in [0.15, 0.2) is 0 Å². The smallest absolute Gasteiger partial charge is 0.217 e. The quantitative estimate of drug-likeness (QED) is 0.805. The molecule has 0 spiro atoms. The van der Waals surface area contributed by atoms with Crippen LogP contribution in [0.15, 0.2) is 0 Å². The molecule has 0 aromatic carbocycles. The lowest BCUT2D eigenvalue weighted by Gasteiger charge is -2.64. The normalized spacial score (nSPS) is 47.1. The Kier molecular flexibility index (Phi) is 2.74. The summed E-state index contributed by atoms with van der Waals surface area (Å²) in [5, 5.41) is 3.31. The van der Waals surface area contributed by atoms with Crippen molar-refractivity contribution < 1.29 is 4.79 Å². The molecular weight excluding hydrogens is 224 g/mol. The summed E-state index contributed by atoms with van der Waals surface area (Å²) in [5.74, 6) is 2.39. The van der Waals surface area contributed by atoms with Gasteiger partial charge in [0.2, 0.25) is 5.91 Å². The lowest BCUT2D eigenvalue weighted by molar-refractivity contribution is -0.133. The van der Waals surface area contributed by atoms with Crippen LogP contribution in [0.3, 0.4) is 0 Å². The second-order valence-corrected chi connectivity index (χ2v) is 7.42. The molecule has 4 aliphatic rings. The van der Waals surface area contributed by atoms with Crippen molar-refractivity contribution in [1.29, 1.82) is 0 Å². The Morgan fingerprint density at radius 2 is 1.94 bits per heavy atom. The largest absolute Gasteiger partial charge is 0.351 e. The van der Waals surface area contributed by atoms with Gasteiger partial charge < -0.3 is 11.1 Å². The predicted octanol–water partition coefficient (Wildman–Crippen LogP) is 2.06. The number of hydrogen-bond acceptors (Lipinski definition) is 2. The molecule has 102 valence electrons. The average Bonchev–Trinajstić information content (AvgIpc) is 2.24. The van der Waals surface area contributed by atoms with Gasteiger partial charge in [-0.05, 0) is 68.2 Å². The zero-order valence-corrected chi connectivity index (χ0v) is 11.7. The summed E-state index contributed by atoms with van der Waals surface area (Å²) in [6, 6.07) is 0. The molecule has 4 rings (SSSR count). The van der Waals surface area contributed by atoms with E-state index in [1.165, 1.54) is 38.5 Å². The fourth-order valence-electron chi connectivity index (χ4n) is 5.68. The number of amides is 1. The van der Waals surface area contributed by atoms with Gasteiger partial charge in [-0.2, -0.15) is 0 Å². The molecule has 4 aliphatic carbocycles. The first-order valence-electron chi connectivity index (χ1n) is 7.46. The van der Waals surface area contributed by atoms with E-state index < -0.39 is 0 Å². The van der Waals surface area contributed by atoms with Gasteiger partial charge in [-0.3, -0.25) is 4.79 Å². The molecule has 18 heavy (non-hydrogen) atoms. The first-order valence-corrected chi connectivity index (χ1v) is 7.46. The highest BCUT2D eigenvalue weighted by molar-refractivity contribution is 5.74. The minimum absolute atomic E-state index is 0.110. The minimum Gasteiger partial charge on any atom is -0.351 e. The summed E-state index contributed by atoms with van der Waals surface area (Å²) in [6.07, 6.45) is 7.68. The van der Waals surface area contributed by atoms with E-state index in [9.17, 15) is 4.79 Å². The third kappa shape index (κ3) is 1.78. The molecule has 3 N–H and O–H groups in total. The maximum Gasteiger partial charge on any atom is 0.217 e. The van der Waals surface area contributed by atoms with E-state index in [1.54, 1.807) is 6.92 Å². The third-order valence-electron chi connectivity index (χ3n) is 5.95. The van der Waals surface area contributed by atoms with Crippen LogP contribution in [-0.4, -0.2) is 18.0 Å². The van der Waals surface area contributed by atoms with Gasteiger partial charge in [0.1, 0.15) is 0 Å². The van der Waals surface area contributed by atoms with Gasteiger partial charge in [0.25, 0.3) is 0 Å². The molecule has 3 heteroatoms. The summed E-state index contributed by atoms with van der Waals surface area (Å²) in [5.41, 5.74) is 6.48. The zero-order chi connectivity index (χ0) is 13.0. The Labute approximate surface area is 110 Å². The van der Waals surface area contributed by atoms with Crippen molar-refractivity contribution in [2.75, 3.05) is 6.54 Å². The van der Waals surface area contributed by atoms with Crippen LogP contribution in [0.2, 0.25) is 0 Å². The van der Waals surface area contributed by atoms with E-state index in [0.717, 1.165) is 18.4 Å². The highest BCUT2D eigenvalue weighted by Crippen LogP contribution is 2.63. The molecule has 4 saturated carbocycles. The summed E-state index contributed by atoms with van der Waals surface area (Å²) >= 11 is 0. The number of hydrogen-bond donors (Lipinski definition) is 2. The number of carbonyl (C=O) groups excluding carboxylic acids is 1. The van der Waals surface area contributed by atoms with Gasteiger partial charge in [-0.25, -0.2) is 0 Å². The van der Waals surface area contributed by atoms with Crippen LogP contribution in [0.5, 0.6) is 0 Å². The summed E-state index contributed by atoms with van der Waals surface area (Å²) in [4.78, 5) is 11.5. The van der Waals surface area contributed by atoms with Gasteiger partial charge in [0.05, 0.1) is 0 Å². The minimum atomic E-state index is 0.110. The Bertz CT molecular complexity index is 352. The second-order valence-electron chi connectivity index (χ2n) is 7.42. The van der Waals surface area contributed by atoms with Crippen LogP contribution < -0.4 is 11.1 Å². The lowest BCUT2D eigenvalue weighted by Crippen LogP contribution is -2.64. The van der Waals surface area contributed by atoms with E-state index in [4.69, 9.17) is 5.73 Å². The lowest BCUT2D eigenvalue weighted by atomic mass is 9.44. The van der Waals surface area contributed by atoms with Crippen molar-refractivity contribution >= 4 is 5.91 Å². The highest BCUT2D eigenvalue weighted by atomic mass is 16.1. The Balaban J connectivity index is 1.90. The Morgan fingerprint density at radius 3 is 2.44 bits per heavy atom. The van der Waals surface area contributed by atoms with Gasteiger partial charge >= 0.3 is 0 Å². The fraction of sp³-hybridized carbons (Fsp3) is 0.933. The van der Waals surface area contributed by atoms with Crippen molar-refractivity contribution in [3.63, 3.8) is 0 Å². The Hall–Kier alpha value is -0.570. The van der Waals surface area contributed by atoms with Crippen LogP contribution in [-0.2, 0) is 4.79 Å². The van der Waals surface area contributed by atoms with Crippen LogP contribution in [0, 0.1) is 23.2 Å². The molecule has 1 amide bonds. The molecule has 3 unspecified atom stereocenters. The van der Waals surface area contributed by atoms with Crippen molar-refractivity contribution in [1.82, 2.24) is 5.32 Å². The molecular formula is C15H26N2O. The standard InChI is InChI=1S/C15H26N2O/c1-10(8-16)14-4-12-3-13(5-14)7-15(6-12,9-14)17-11(2)18/h10,12-13H,3-9,16H2,1-2H3,(H,17,18). The van der Waals surface area contributed by atoms with E-state index in [0.29, 0.717) is 11.3 Å². The monoisotopic (exact) mass is 250 g/mol. The molecule has 4 fully saturated rings. The summed E-state index contributed by atoms with van der Waals surface area (Å²) in [7, 11) is 0. The maximum absolute atomic E-state index is 11.5. The molecule has 0 radical (unpaired) electrons. The van der Waals surface area contributed by atoms with E-state index >= 15 is 0 Å². The third-order valence-corrected chi connectivity index (χ3v) is 5.95. The van der Waals surface area contributed by atoms with Crippen LogP contribution in [0.4, 0.5) is 0 Å². The predicted molar refractivity (Wildman–Crippen MR) is 71.9 cm³/mol. The number of nitrogens with one attached hydrogen (secondary N) is 1. The molecule has 0 saturated heterocycles. The first-order chi connectivity index (χ1) is 8.47. The molecule has 4 bridgehead atoms. The Morgan fingerprint density at radius 1 is 1.33 bits per heavy atom. The van der Waals surface area contributed by atoms with E-state index in [-0.39, 0.29) is 11.4 Å². The molecule has 0 aromatic rings. The number of rotatable bonds is 3. The van der Waals surface area contributed by atoms with Crippen molar-refractivity contribution in [3.05, 3.63) is 0 Å². The van der Waals surface area contributed by atoms with Gasteiger partial charge in [-0.15, -0.1) is 0 Å². The average molecular weight is 250 g/mol. The topological polar surface area (TPSA) is 55.1 Å². The molecule has 3 nitrogen and oxygen atoms in total. The van der Waals surface area contributed by atoms with Crippen LogP contribution in [0.1, 0.15) is 52.4 Å². The van der Waals surface area contributed by atoms with Crippen molar-refractivity contribution in [2.24, 2.45) is 28.9 Å². The first kappa shape index (κ1) is 12.5. The molecule has 0 heterocycles.